The van der Waals surface area contributed by atoms with Crippen LogP contribution in [0.4, 0.5) is 4.39 Å². The molecule has 1 heterocycles. The van der Waals surface area contributed by atoms with Crippen LogP contribution < -0.4 is 0 Å². The van der Waals surface area contributed by atoms with E-state index in [1.807, 2.05) is 6.92 Å². The van der Waals surface area contributed by atoms with Crippen molar-refractivity contribution in [2.24, 2.45) is 5.92 Å². The zero-order valence-corrected chi connectivity index (χ0v) is 15.8. The number of hydrogen-bond acceptors (Lipinski definition) is 4. The van der Waals surface area contributed by atoms with Crippen LogP contribution in [0, 0.1) is 18.7 Å². The predicted molar refractivity (Wildman–Crippen MR) is 93.0 cm³/mol. The molecule has 0 spiro atoms. The summed E-state index contributed by atoms with van der Waals surface area (Å²) in [5.41, 5.74) is 1.06. The van der Waals surface area contributed by atoms with Crippen molar-refractivity contribution in [3.8, 4) is 0 Å². The molecule has 1 aromatic carbocycles. The number of ether oxygens (including phenoxy) is 1. The second kappa shape index (κ2) is 6.70. The van der Waals surface area contributed by atoms with Crippen molar-refractivity contribution in [3.63, 3.8) is 0 Å². The van der Waals surface area contributed by atoms with Gasteiger partial charge in [0.2, 0.25) is 0 Å². The Balaban J connectivity index is 2.02. The fourth-order valence-corrected chi connectivity index (χ4v) is 3.88. The number of aromatic nitrogens is 2. The monoisotopic (exact) mass is 386 g/mol. The third-order valence-electron chi connectivity index (χ3n) is 4.34. The number of hydrogen-bond donors (Lipinski definition) is 1. The van der Waals surface area contributed by atoms with Gasteiger partial charge in [0.05, 0.1) is 16.8 Å². The maximum absolute atomic E-state index is 13.5. The second-order valence-corrected chi connectivity index (χ2v) is 8.89. The molecule has 1 N–H and O–H groups in total. The van der Waals surface area contributed by atoms with Gasteiger partial charge in [-0.3, -0.25) is 0 Å². The van der Waals surface area contributed by atoms with Gasteiger partial charge in [-0.2, -0.15) is 0 Å². The van der Waals surface area contributed by atoms with Gasteiger partial charge in [0.15, 0.2) is 14.9 Å². The summed E-state index contributed by atoms with van der Waals surface area (Å²) in [6.07, 6.45) is 2.63. The van der Waals surface area contributed by atoms with Crippen molar-refractivity contribution < 1.29 is 17.5 Å². The SMILES string of the molecule is Cc1[nH]c(C(OC(C)C2CC2)c2ccc(F)c(Cl)c2)nc1S(C)(=O)=O. The number of rotatable bonds is 6. The summed E-state index contributed by atoms with van der Waals surface area (Å²) in [4.78, 5) is 7.23. The van der Waals surface area contributed by atoms with Gasteiger partial charge >= 0.3 is 0 Å². The lowest BCUT2D eigenvalue weighted by Crippen LogP contribution is -2.18. The van der Waals surface area contributed by atoms with Crippen LogP contribution in [0.5, 0.6) is 0 Å². The average Bonchev–Trinajstić information content (AvgIpc) is 3.29. The van der Waals surface area contributed by atoms with Gasteiger partial charge in [-0.1, -0.05) is 17.7 Å². The summed E-state index contributed by atoms with van der Waals surface area (Å²) in [5, 5.41) is -0.0276. The smallest absolute Gasteiger partial charge is 0.194 e. The van der Waals surface area contributed by atoms with E-state index in [0.717, 1.165) is 19.1 Å². The Bertz CT molecular complexity index is 893. The first-order valence-corrected chi connectivity index (χ1v) is 10.3. The van der Waals surface area contributed by atoms with Crippen LogP contribution in [-0.2, 0) is 14.6 Å². The third-order valence-corrected chi connectivity index (χ3v) is 5.73. The van der Waals surface area contributed by atoms with E-state index < -0.39 is 21.8 Å². The molecule has 0 bridgehead atoms. The average molecular weight is 387 g/mol. The van der Waals surface area contributed by atoms with Crippen LogP contribution in [0.25, 0.3) is 0 Å². The normalized spacial score (nSPS) is 17.5. The van der Waals surface area contributed by atoms with Gasteiger partial charge < -0.3 is 9.72 Å². The van der Waals surface area contributed by atoms with E-state index in [4.69, 9.17) is 16.3 Å². The lowest BCUT2D eigenvalue weighted by atomic mass is 10.1. The fraction of sp³-hybridized carbons (Fsp3) is 0.471. The maximum Gasteiger partial charge on any atom is 0.194 e. The molecule has 0 amide bonds. The molecule has 2 aromatic rings. The number of nitrogens with zero attached hydrogens (tertiary/aromatic N) is 1. The molecule has 1 aliphatic rings. The molecule has 25 heavy (non-hydrogen) atoms. The minimum absolute atomic E-state index is 0.0108. The summed E-state index contributed by atoms with van der Waals surface area (Å²) < 4.78 is 43.4. The highest BCUT2D eigenvalue weighted by Crippen LogP contribution is 2.38. The second-order valence-electron chi connectivity index (χ2n) is 6.56. The number of aryl methyl sites for hydroxylation is 1. The molecule has 0 aliphatic heterocycles. The van der Waals surface area contributed by atoms with Crippen LogP contribution in [0.15, 0.2) is 23.2 Å². The number of benzene rings is 1. The van der Waals surface area contributed by atoms with Crippen LogP contribution in [0.3, 0.4) is 0 Å². The van der Waals surface area contributed by atoms with Gasteiger partial charge in [-0.25, -0.2) is 17.8 Å². The molecule has 0 radical (unpaired) electrons. The van der Waals surface area contributed by atoms with Crippen molar-refractivity contribution in [2.45, 2.75) is 43.9 Å². The van der Waals surface area contributed by atoms with E-state index in [9.17, 15) is 12.8 Å². The van der Waals surface area contributed by atoms with Crippen LogP contribution in [0.2, 0.25) is 5.02 Å². The summed E-state index contributed by atoms with van der Waals surface area (Å²) in [6.45, 7) is 3.62. The standard InChI is InChI=1S/C17H20ClFN2O3S/c1-9-17(25(3,22)23)21-16(20-9)15(24-10(2)11-4-5-11)12-6-7-14(19)13(18)8-12/h6-8,10-11,15H,4-5H2,1-3H3,(H,20,21). The topological polar surface area (TPSA) is 72.0 Å². The molecule has 1 saturated carbocycles. The molecule has 3 rings (SSSR count). The third kappa shape index (κ3) is 4.04. The Labute approximate surface area is 151 Å². The highest BCUT2D eigenvalue weighted by atomic mass is 35.5. The van der Waals surface area contributed by atoms with E-state index >= 15 is 0 Å². The Morgan fingerprint density at radius 3 is 2.60 bits per heavy atom. The number of nitrogens with one attached hydrogen (secondary N) is 1. The summed E-state index contributed by atoms with van der Waals surface area (Å²) >= 11 is 5.91. The summed E-state index contributed by atoms with van der Waals surface area (Å²) in [7, 11) is -3.46. The van der Waals surface area contributed by atoms with Gasteiger partial charge in [0.25, 0.3) is 0 Å². The van der Waals surface area contributed by atoms with E-state index in [1.54, 1.807) is 13.0 Å². The van der Waals surface area contributed by atoms with E-state index in [1.165, 1.54) is 12.1 Å². The molecular weight excluding hydrogens is 367 g/mol. The van der Waals surface area contributed by atoms with Gasteiger partial charge in [0, 0.05) is 6.26 Å². The first kappa shape index (κ1) is 18.4. The van der Waals surface area contributed by atoms with Crippen molar-refractivity contribution >= 4 is 21.4 Å². The summed E-state index contributed by atoms with van der Waals surface area (Å²) in [5.74, 6) is 0.323. The molecule has 136 valence electrons. The molecule has 1 fully saturated rings. The van der Waals surface area contributed by atoms with Gasteiger partial charge in [0.1, 0.15) is 17.7 Å². The van der Waals surface area contributed by atoms with Crippen LogP contribution in [-0.4, -0.2) is 30.7 Å². The predicted octanol–water partition coefficient (Wildman–Crippen LogP) is 3.82. The van der Waals surface area contributed by atoms with Gasteiger partial charge in [-0.15, -0.1) is 0 Å². The molecule has 1 aromatic heterocycles. The Morgan fingerprint density at radius 2 is 2.08 bits per heavy atom. The fourth-order valence-electron chi connectivity index (χ4n) is 2.82. The highest BCUT2D eigenvalue weighted by molar-refractivity contribution is 7.90. The molecule has 0 saturated heterocycles. The van der Waals surface area contributed by atoms with Crippen LogP contribution >= 0.6 is 11.6 Å². The highest BCUT2D eigenvalue weighted by Gasteiger charge is 2.33. The maximum atomic E-state index is 13.5. The molecule has 8 heteroatoms. The zero-order valence-electron chi connectivity index (χ0n) is 14.2. The first-order valence-electron chi connectivity index (χ1n) is 8.03. The van der Waals surface area contributed by atoms with Crippen molar-refractivity contribution in [1.82, 2.24) is 9.97 Å². The number of imidazole rings is 1. The largest absolute Gasteiger partial charge is 0.362 e. The number of halogens is 2. The molecule has 5 nitrogen and oxygen atoms in total. The van der Waals surface area contributed by atoms with Gasteiger partial charge in [-0.05, 0) is 50.3 Å². The molecule has 1 aliphatic carbocycles. The quantitative estimate of drug-likeness (QED) is 0.819. The number of sulfone groups is 1. The summed E-state index contributed by atoms with van der Waals surface area (Å²) in [6, 6.07) is 4.33. The molecule has 2 atom stereocenters. The van der Waals surface area contributed by atoms with Crippen molar-refractivity contribution in [1.29, 1.82) is 0 Å². The Kier molecular flexibility index (Phi) is 4.92. The van der Waals surface area contributed by atoms with Crippen LogP contribution in [0.1, 0.15) is 43.0 Å². The number of aromatic amines is 1. The molecule has 2 unspecified atom stereocenters. The number of H-pyrrole nitrogens is 1. The minimum atomic E-state index is -3.46. The Morgan fingerprint density at radius 1 is 1.40 bits per heavy atom. The zero-order chi connectivity index (χ0) is 18.4. The first-order chi connectivity index (χ1) is 11.7. The Hall–Kier alpha value is -1.44. The van der Waals surface area contributed by atoms with Crippen molar-refractivity contribution in [3.05, 3.63) is 46.1 Å². The van der Waals surface area contributed by atoms with E-state index in [-0.39, 0.29) is 16.2 Å². The lowest BCUT2D eigenvalue weighted by molar-refractivity contribution is 0.00263. The van der Waals surface area contributed by atoms with Crippen molar-refractivity contribution in [2.75, 3.05) is 6.26 Å². The molecular formula is C17H20ClFN2O3S. The minimum Gasteiger partial charge on any atom is -0.362 e. The van der Waals surface area contributed by atoms with E-state index in [0.29, 0.717) is 23.0 Å². The lowest BCUT2D eigenvalue weighted by Gasteiger charge is -2.21. The van der Waals surface area contributed by atoms with E-state index in [2.05, 4.69) is 9.97 Å².